The predicted molar refractivity (Wildman–Crippen MR) is 98.1 cm³/mol. The Morgan fingerprint density at radius 2 is 1.40 bits per heavy atom. The molecule has 0 aliphatic carbocycles. The number of benzene rings is 2. The van der Waals surface area contributed by atoms with E-state index >= 15 is 0 Å². The van der Waals surface area contributed by atoms with Crippen molar-refractivity contribution >= 4 is 6.03 Å². The molecule has 1 saturated heterocycles. The second-order valence-electron chi connectivity index (χ2n) is 6.23. The van der Waals surface area contributed by atoms with Crippen LogP contribution >= 0.6 is 0 Å². The maximum Gasteiger partial charge on any atom is 0.315 e. The summed E-state index contributed by atoms with van der Waals surface area (Å²) in [6.45, 7) is 5.63. The summed E-state index contributed by atoms with van der Waals surface area (Å²) in [6.07, 6.45) is 0. The third-order valence-electron chi connectivity index (χ3n) is 4.28. The number of hydrogen-bond acceptors (Lipinski definition) is 3. The summed E-state index contributed by atoms with van der Waals surface area (Å²) >= 11 is 0. The van der Waals surface area contributed by atoms with Gasteiger partial charge in [-0.25, -0.2) is 4.79 Å². The van der Waals surface area contributed by atoms with Gasteiger partial charge in [-0.1, -0.05) is 54.6 Å². The highest BCUT2D eigenvalue weighted by molar-refractivity contribution is 5.73. The van der Waals surface area contributed by atoms with Crippen LogP contribution in [-0.2, 0) is 24.4 Å². The van der Waals surface area contributed by atoms with Gasteiger partial charge in [0.05, 0.1) is 13.2 Å². The zero-order valence-electron chi connectivity index (χ0n) is 14.4. The largest absolute Gasteiger partial charge is 0.379 e. The van der Waals surface area contributed by atoms with Crippen LogP contribution in [0.4, 0.5) is 4.79 Å². The summed E-state index contributed by atoms with van der Waals surface area (Å²) in [5.41, 5.74) is 3.48. The summed E-state index contributed by atoms with van der Waals surface area (Å²) in [4.78, 5) is 14.3. The molecule has 0 bridgehead atoms. The highest BCUT2D eigenvalue weighted by Gasteiger charge is 2.10. The van der Waals surface area contributed by atoms with Crippen molar-refractivity contribution in [3.63, 3.8) is 0 Å². The molecule has 1 aliphatic heterocycles. The Balaban J connectivity index is 1.39. The first-order valence-corrected chi connectivity index (χ1v) is 8.73. The molecule has 0 saturated carbocycles. The van der Waals surface area contributed by atoms with Crippen molar-refractivity contribution in [2.75, 3.05) is 26.3 Å². The number of carbonyl (C=O) groups is 1. The molecule has 0 spiro atoms. The molecule has 0 atom stereocenters. The van der Waals surface area contributed by atoms with Gasteiger partial charge in [-0.05, 0) is 16.7 Å². The van der Waals surface area contributed by atoms with E-state index in [9.17, 15) is 4.79 Å². The van der Waals surface area contributed by atoms with Gasteiger partial charge in [0, 0.05) is 32.7 Å². The number of amides is 2. The quantitative estimate of drug-likeness (QED) is 0.850. The number of nitrogens with one attached hydrogen (secondary N) is 2. The summed E-state index contributed by atoms with van der Waals surface area (Å²) in [6, 6.07) is 18.2. The number of nitrogens with zero attached hydrogens (tertiary/aromatic N) is 1. The van der Waals surface area contributed by atoms with E-state index in [1.165, 1.54) is 5.56 Å². The van der Waals surface area contributed by atoms with Gasteiger partial charge in [0.15, 0.2) is 0 Å². The second kappa shape index (κ2) is 9.20. The van der Waals surface area contributed by atoms with Crippen molar-refractivity contribution in [2.24, 2.45) is 0 Å². The van der Waals surface area contributed by atoms with Crippen LogP contribution in [0.3, 0.4) is 0 Å². The minimum absolute atomic E-state index is 0.152. The molecule has 0 radical (unpaired) electrons. The maximum atomic E-state index is 11.9. The Hall–Kier alpha value is -2.37. The van der Waals surface area contributed by atoms with Crippen LogP contribution in [0, 0.1) is 0 Å². The van der Waals surface area contributed by atoms with Crippen molar-refractivity contribution in [2.45, 2.75) is 19.6 Å². The van der Waals surface area contributed by atoms with Crippen molar-refractivity contribution in [3.8, 4) is 0 Å². The van der Waals surface area contributed by atoms with Crippen LogP contribution in [0.5, 0.6) is 0 Å². The van der Waals surface area contributed by atoms with E-state index in [2.05, 4.69) is 39.8 Å². The highest BCUT2D eigenvalue weighted by atomic mass is 16.5. The number of rotatable bonds is 6. The SMILES string of the molecule is O=C(NCc1ccccc1)NCc1ccc(CN2CCOCC2)cc1. The fraction of sp³-hybridized carbons (Fsp3) is 0.350. The Bertz CT molecular complexity index is 652. The molecule has 1 aliphatic rings. The zero-order valence-corrected chi connectivity index (χ0v) is 14.4. The lowest BCUT2D eigenvalue weighted by Gasteiger charge is -2.26. The predicted octanol–water partition coefficient (Wildman–Crippen LogP) is 2.52. The monoisotopic (exact) mass is 339 g/mol. The van der Waals surface area contributed by atoms with Crippen molar-refractivity contribution < 1.29 is 9.53 Å². The molecular formula is C20H25N3O2. The molecule has 1 fully saturated rings. The number of urea groups is 1. The summed E-state index contributed by atoms with van der Waals surface area (Å²) in [5, 5.41) is 5.76. The molecule has 2 amide bonds. The zero-order chi connectivity index (χ0) is 17.3. The van der Waals surface area contributed by atoms with Crippen molar-refractivity contribution in [1.82, 2.24) is 15.5 Å². The van der Waals surface area contributed by atoms with Gasteiger partial charge in [0.2, 0.25) is 0 Å². The Labute approximate surface area is 149 Å². The molecule has 0 aromatic heterocycles. The number of ether oxygens (including phenoxy) is 1. The lowest BCUT2D eigenvalue weighted by atomic mass is 10.1. The summed E-state index contributed by atoms with van der Waals surface area (Å²) in [5.74, 6) is 0. The van der Waals surface area contributed by atoms with Crippen molar-refractivity contribution in [3.05, 3.63) is 71.3 Å². The highest BCUT2D eigenvalue weighted by Crippen LogP contribution is 2.09. The van der Waals surface area contributed by atoms with E-state index < -0.39 is 0 Å². The van der Waals surface area contributed by atoms with E-state index in [-0.39, 0.29) is 6.03 Å². The van der Waals surface area contributed by atoms with E-state index in [1.54, 1.807) is 0 Å². The van der Waals surface area contributed by atoms with Gasteiger partial charge in [0.1, 0.15) is 0 Å². The van der Waals surface area contributed by atoms with Crippen LogP contribution in [0.15, 0.2) is 54.6 Å². The average molecular weight is 339 g/mol. The Kier molecular flexibility index (Phi) is 6.42. The molecular weight excluding hydrogens is 314 g/mol. The molecule has 1 heterocycles. The van der Waals surface area contributed by atoms with E-state index in [4.69, 9.17) is 4.74 Å². The molecule has 0 unspecified atom stereocenters. The molecule has 132 valence electrons. The van der Waals surface area contributed by atoms with Crippen LogP contribution in [0.1, 0.15) is 16.7 Å². The minimum Gasteiger partial charge on any atom is -0.379 e. The lowest BCUT2D eigenvalue weighted by molar-refractivity contribution is 0.0342. The molecule has 2 N–H and O–H groups in total. The summed E-state index contributed by atoms with van der Waals surface area (Å²) < 4.78 is 5.37. The van der Waals surface area contributed by atoms with Gasteiger partial charge >= 0.3 is 6.03 Å². The fourth-order valence-corrected chi connectivity index (χ4v) is 2.80. The molecule has 2 aromatic carbocycles. The van der Waals surface area contributed by atoms with Crippen molar-refractivity contribution in [1.29, 1.82) is 0 Å². The number of hydrogen-bond donors (Lipinski definition) is 2. The van der Waals surface area contributed by atoms with Gasteiger partial charge < -0.3 is 15.4 Å². The van der Waals surface area contributed by atoms with Gasteiger partial charge in [-0.2, -0.15) is 0 Å². The van der Waals surface area contributed by atoms with E-state index in [0.29, 0.717) is 13.1 Å². The van der Waals surface area contributed by atoms with Crippen LogP contribution in [0.25, 0.3) is 0 Å². The van der Waals surface area contributed by atoms with Gasteiger partial charge in [-0.3, -0.25) is 4.90 Å². The van der Waals surface area contributed by atoms with Gasteiger partial charge in [0.25, 0.3) is 0 Å². The first-order valence-electron chi connectivity index (χ1n) is 8.73. The van der Waals surface area contributed by atoms with E-state index in [0.717, 1.165) is 44.0 Å². The standard InChI is InChI=1S/C20H25N3O2/c24-20(21-14-17-4-2-1-3-5-17)22-15-18-6-8-19(9-7-18)16-23-10-12-25-13-11-23/h1-9H,10-16H2,(H2,21,22,24). The minimum atomic E-state index is -0.152. The van der Waals surface area contributed by atoms with Crippen LogP contribution in [0.2, 0.25) is 0 Å². The topological polar surface area (TPSA) is 53.6 Å². The third-order valence-corrected chi connectivity index (χ3v) is 4.28. The normalized spacial score (nSPS) is 14.9. The molecule has 25 heavy (non-hydrogen) atoms. The Morgan fingerprint density at radius 1 is 0.840 bits per heavy atom. The summed E-state index contributed by atoms with van der Waals surface area (Å²) in [7, 11) is 0. The Morgan fingerprint density at radius 3 is 2.04 bits per heavy atom. The number of carbonyl (C=O) groups excluding carboxylic acids is 1. The van der Waals surface area contributed by atoms with Crippen LogP contribution < -0.4 is 10.6 Å². The molecule has 2 aromatic rings. The smallest absolute Gasteiger partial charge is 0.315 e. The number of morpholine rings is 1. The van der Waals surface area contributed by atoms with Crippen LogP contribution in [-0.4, -0.2) is 37.2 Å². The fourth-order valence-electron chi connectivity index (χ4n) is 2.80. The maximum absolute atomic E-state index is 11.9. The molecule has 5 heteroatoms. The third kappa shape index (κ3) is 5.89. The second-order valence-corrected chi connectivity index (χ2v) is 6.23. The molecule has 5 nitrogen and oxygen atoms in total. The first-order chi connectivity index (χ1) is 12.3. The molecule has 3 rings (SSSR count). The average Bonchev–Trinajstić information content (AvgIpc) is 2.67. The lowest BCUT2D eigenvalue weighted by Crippen LogP contribution is -2.35. The van der Waals surface area contributed by atoms with E-state index in [1.807, 2.05) is 30.3 Å². The first kappa shape index (κ1) is 17.5. The van der Waals surface area contributed by atoms with Gasteiger partial charge in [-0.15, -0.1) is 0 Å².